The van der Waals surface area contributed by atoms with Crippen molar-refractivity contribution in [2.75, 3.05) is 13.2 Å². The van der Waals surface area contributed by atoms with Gasteiger partial charge in [-0.05, 0) is 25.0 Å². The van der Waals surface area contributed by atoms with E-state index in [1.54, 1.807) is 23.6 Å². The third-order valence-electron chi connectivity index (χ3n) is 3.23. The molecule has 0 unspecified atom stereocenters. The van der Waals surface area contributed by atoms with Gasteiger partial charge in [0.2, 0.25) is 0 Å². The Kier molecular flexibility index (Phi) is 4.58. The largest absolute Gasteiger partial charge is 0.395 e. The van der Waals surface area contributed by atoms with Crippen LogP contribution in [0.5, 0.6) is 0 Å². The van der Waals surface area contributed by atoms with Crippen molar-refractivity contribution in [1.29, 1.82) is 0 Å². The van der Waals surface area contributed by atoms with Crippen LogP contribution in [0.25, 0.3) is 0 Å². The maximum Gasteiger partial charge on any atom is 0.0896 e. The molecule has 19 heavy (non-hydrogen) atoms. The average Bonchev–Trinajstić information content (AvgIpc) is 2.82. The van der Waals surface area contributed by atoms with Crippen LogP contribution in [-0.2, 0) is 11.8 Å². The second kappa shape index (κ2) is 6.01. The van der Waals surface area contributed by atoms with E-state index in [0.717, 1.165) is 15.4 Å². The molecule has 0 radical (unpaired) electrons. The molecule has 102 valence electrons. The van der Waals surface area contributed by atoms with Gasteiger partial charge in [0.25, 0.3) is 0 Å². The van der Waals surface area contributed by atoms with Crippen molar-refractivity contribution < 1.29 is 10.2 Å². The molecule has 0 spiro atoms. The molecule has 2 N–H and O–H groups in total. The fourth-order valence-electron chi connectivity index (χ4n) is 2.14. The first-order valence-electron chi connectivity index (χ1n) is 5.99. The molecule has 0 aliphatic rings. The summed E-state index contributed by atoms with van der Waals surface area (Å²) in [4.78, 5) is 5.24. The van der Waals surface area contributed by atoms with Crippen molar-refractivity contribution in [3.63, 3.8) is 0 Å². The number of halogens is 1. The van der Waals surface area contributed by atoms with Crippen molar-refractivity contribution in [2.45, 2.75) is 18.8 Å². The Morgan fingerprint density at radius 1 is 1.26 bits per heavy atom. The molecule has 0 atom stereocenters. The lowest BCUT2D eigenvalue weighted by molar-refractivity contribution is 0.117. The van der Waals surface area contributed by atoms with E-state index >= 15 is 0 Å². The third-order valence-corrected chi connectivity index (χ3v) is 4.47. The number of thiazole rings is 1. The van der Waals surface area contributed by atoms with Crippen LogP contribution in [0.15, 0.2) is 30.5 Å². The number of hydrogen-bond acceptors (Lipinski definition) is 4. The van der Waals surface area contributed by atoms with E-state index in [4.69, 9.17) is 11.6 Å². The lowest BCUT2D eigenvalue weighted by Gasteiger charge is -2.30. The predicted octanol–water partition coefficient (Wildman–Crippen LogP) is 2.57. The number of nitrogens with zero attached hydrogens (tertiary/aromatic N) is 1. The zero-order valence-electron chi connectivity index (χ0n) is 10.6. The van der Waals surface area contributed by atoms with Crippen LogP contribution in [0.1, 0.15) is 15.4 Å². The summed E-state index contributed by atoms with van der Waals surface area (Å²) in [5.41, 5.74) is 0.00449. The molecule has 0 amide bonds. The van der Waals surface area contributed by atoms with Gasteiger partial charge < -0.3 is 10.2 Å². The predicted molar refractivity (Wildman–Crippen MR) is 77.9 cm³/mol. The highest BCUT2D eigenvalue weighted by atomic mass is 35.5. The van der Waals surface area contributed by atoms with E-state index in [0.29, 0.717) is 11.4 Å². The van der Waals surface area contributed by atoms with Gasteiger partial charge in [-0.2, -0.15) is 0 Å². The van der Waals surface area contributed by atoms with Gasteiger partial charge in [-0.25, -0.2) is 4.98 Å². The van der Waals surface area contributed by atoms with Crippen LogP contribution < -0.4 is 0 Å². The Balaban J connectivity index is 2.40. The molecule has 0 saturated heterocycles. The maximum absolute atomic E-state index is 9.79. The van der Waals surface area contributed by atoms with Gasteiger partial charge in [-0.15, -0.1) is 11.3 Å². The van der Waals surface area contributed by atoms with Gasteiger partial charge in [0, 0.05) is 21.5 Å². The number of hydrogen-bond donors (Lipinski definition) is 2. The summed E-state index contributed by atoms with van der Waals surface area (Å²) in [6.45, 7) is 1.61. The van der Waals surface area contributed by atoms with Crippen LogP contribution >= 0.6 is 22.9 Å². The van der Waals surface area contributed by atoms with E-state index < -0.39 is 5.41 Å². The Bertz CT molecular complexity index is 552. The van der Waals surface area contributed by atoms with Crippen LogP contribution in [0.2, 0.25) is 5.02 Å². The van der Waals surface area contributed by atoms with Gasteiger partial charge in [0.1, 0.15) is 0 Å². The summed E-state index contributed by atoms with van der Waals surface area (Å²) >= 11 is 7.77. The SMILES string of the molecule is Cc1ncc(CC(CO)(CO)c2ccccc2Cl)s1. The van der Waals surface area contributed by atoms with E-state index in [2.05, 4.69) is 4.98 Å². The van der Waals surface area contributed by atoms with Gasteiger partial charge in [-0.3, -0.25) is 0 Å². The molecule has 2 aromatic rings. The first kappa shape index (κ1) is 14.5. The Hall–Kier alpha value is -0.940. The number of aromatic nitrogens is 1. The van der Waals surface area contributed by atoms with Gasteiger partial charge >= 0.3 is 0 Å². The summed E-state index contributed by atoms with van der Waals surface area (Å²) in [6, 6.07) is 7.32. The molecule has 0 fully saturated rings. The molecular weight excluding hydrogens is 282 g/mol. The molecule has 1 aromatic carbocycles. The fraction of sp³-hybridized carbons (Fsp3) is 0.357. The van der Waals surface area contributed by atoms with Crippen molar-refractivity contribution in [3.05, 3.63) is 50.9 Å². The minimum absolute atomic E-state index is 0.163. The molecule has 5 heteroatoms. The zero-order valence-corrected chi connectivity index (χ0v) is 12.2. The average molecular weight is 298 g/mol. The molecule has 3 nitrogen and oxygen atoms in total. The first-order valence-corrected chi connectivity index (χ1v) is 7.19. The number of aliphatic hydroxyl groups is 2. The van der Waals surface area contributed by atoms with Crippen LogP contribution in [0.4, 0.5) is 0 Å². The summed E-state index contributed by atoms with van der Waals surface area (Å²) < 4.78 is 0. The Morgan fingerprint density at radius 2 is 1.95 bits per heavy atom. The monoisotopic (exact) mass is 297 g/mol. The highest BCUT2D eigenvalue weighted by Gasteiger charge is 2.33. The van der Waals surface area contributed by atoms with Crippen molar-refractivity contribution in [2.24, 2.45) is 0 Å². The van der Waals surface area contributed by atoms with E-state index in [9.17, 15) is 10.2 Å². The minimum atomic E-state index is -0.767. The normalized spacial score (nSPS) is 11.8. The zero-order chi connectivity index (χ0) is 13.9. The molecule has 0 aliphatic carbocycles. The highest BCUT2D eigenvalue weighted by molar-refractivity contribution is 7.11. The molecule has 1 aromatic heterocycles. The molecule has 2 rings (SSSR count). The summed E-state index contributed by atoms with van der Waals surface area (Å²) in [5.74, 6) is 0. The second-order valence-corrected chi connectivity index (χ2v) is 6.33. The van der Waals surface area contributed by atoms with E-state index in [1.807, 2.05) is 25.1 Å². The maximum atomic E-state index is 9.79. The fourth-order valence-corrected chi connectivity index (χ4v) is 3.41. The topological polar surface area (TPSA) is 53.4 Å². The van der Waals surface area contributed by atoms with Crippen molar-refractivity contribution >= 4 is 22.9 Å². The second-order valence-electron chi connectivity index (χ2n) is 4.60. The number of aryl methyl sites for hydroxylation is 1. The first-order chi connectivity index (χ1) is 9.11. The molecule has 0 bridgehead atoms. The van der Waals surface area contributed by atoms with Gasteiger partial charge in [0.05, 0.1) is 18.2 Å². The summed E-state index contributed by atoms with van der Waals surface area (Å²) in [5, 5.41) is 21.1. The minimum Gasteiger partial charge on any atom is -0.395 e. The van der Waals surface area contributed by atoms with Gasteiger partial charge in [-0.1, -0.05) is 29.8 Å². The molecule has 1 heterocycles. The van der Waals surface area contributed by atoms with Crippen molar-refractivity contribution in [1.82, 2.24) is 4.98 Å². The highest BCUT2D eigenvalue weighted by Crippen LogP contribution is 2.34. The van der Waals surface area contributed by atoms with Gasteiger partial charge in [0.15, 0.2) is 0 Å². The quantitative estimate of drug-likeness (QED) is 0.892. The number of aliphatic hydroxyl groups excluding tert-OH is 2. The third kappa shape index (κ3) is 2.98. The standard InChI is InChI=1S/C14H16ClNO2S/c1-10-16-7-11(19-10)6-14(8-17,9-18)12-4-2-3-5-13(12)15/h2-5,7,17-18H,6,8-9H2,1H3. The number of benzene rings is 1. The summed E-state index contributed by atoms with van der Waals surface area (Å²) in [6.07, 6.45) is 2.31. The van der Waals surface area contributed by atoms with Crippen LogP contribution in [-0.4, -0.2) is 28.4 Å². The summed E-state index contributed by atoms with van der Waals surface area (Å²) in [7, 11) is 0. The smallest absolute Gasteiger partial charge is 0.0896 e. The van der Waals surface area contributed by atoms with E-state index in [1.165, 1.54) is 0 Å². The van der Waals surface area contributed by atoms with Crippen molar-refractivity contribution in [3.8, 4) is 0 Å². The number of rotatable bonds is 5. The van der Waals surface area contributed by atoms with E-state index in [-0.39, 0.29) is 13.2 Å². The lowest BCUT2D eigenvalue weighted by Crippen LogP contribution is -2.37. The Labute approximate surface area is 121 Å². The lowest BCUT2D eigenvalue weighted by atomic mass is 9.78. The van der Waals surface area contributed by atoms with Crippen LogP contribution in [0, 0.1) is 6.92 Å². The molecule has 0 aliphatic heterocycles. The molecular formula is C14H16ClNO2S. The Morgan fingerprint density at radius 3 is 2.47 bits per heavy atom. The molecule has 0 saturated carbocycles. The van der Waals surface area contributed by atoms with Crippen LogP contribution in [0.3, 0.4) is 0 Å².